The minimum Gasteiger partial charge on any atom is -0.463 e. The number of carbonyl (C=O) groups excluding carboxylic acids is 4. The molecule has 0 heterocycles. The van der Waals surface area contributed by atoms with Crippen LogP contribution in [0, 0.1) is 0 Å². The summed E-state index contributed by atoms with van der Waals surface area (Å²) in [6.07, 6.45) is 78.0. The van der Waals surface area contributed by atoms with Gasteiger partial charge in [-0.3, -0.25) is 27.7 Å². The summed E-state index contributed by atoms with van der Waals surface area (Å²) in [4.78, 5) is 68.0. The largest absolute Gasteiger partial charge is 0.472 e. The van der Waals surface area contributed by atoms with Crippen LogP contribution in [-0.4, -0.2) is 111 Å². The lowest BCUT2D eigenvalue weighted by molar-refractivity contribution is -0.154. The van der Waals surface area contributed by atoms with Gasteiger partial charge in [-0.25, -0.2) is 9.13 Å². The number of hydrogen-bond acceptors (Lipinski definition) is 15. The molecule has 0 saturated heterocycles. The molecule has 566 valence electrons. The average Bonchev–Trinajstić information content (AvgIpc) is 1.01. The number of phosphoric acid groups is 2. The minimum atomic E-state index is -4.86. The number of phosphoric ester groups is 2. The third kappa shape index (κ3) is 73.5. The molecule has 0 bridgehead atoms. The first-order chi connectivity index (χ1) is 47.9. The van der Waals surface area contributed by atoms with Crippen LogP contribution in [0.5, 0.6) is 0 Å². The molecule has 0 fully saturated rings. The number of esters is 2. The van der Waals surface area contributed by atoms with Gasteiger partial charge in [-0.2, -0.15) is 0 Å². The first-order valence-corrected chi connectivity index (χ1v) is 41.4. The molecule has 0 rings (SSSR count). The van der Waals surface area contributed by atoms with E-state index >= 15 is 0 Å². The first kappa shape index (κ1) is 94.3. The molecule has 0 aliphatic heterocycles. The smallest absolute Gasteiger partial charge is 0.463 e. The Labute approximate surface area is 595 Å². The van der Waals surface area contributed by atoms with Crippen molar-refractivity contribution in [3.8, 4) is 0 Å². The molecule has 17 nitrogen and oxygen atoms in total. The highest BCUT2D eigenvalue weighted by molar-refractivity contribution is 7.47. The van der Waals surface area contributed by atoms with E-state index in [2.05, 4.69) is 105 Å². The molecular weight excluding hydrogens is 1280 g/mol. The van der Waals surface area contributed by atoms with Crippen LogP contribution < -0.4 is 0 Å². The number of allylic oxidation sites excluding steroid dienone is 16. The molecule has 2 unspecified atom stereocenters. The summed E-state index contributed by atoms with van der Waals surface area (Å²) in [6.45, 7) is 2.15. The number of aliphatic hydroxyl groups is 1. The summed E-state index contributed by atoms with van der Waals surface area (Å²) in [5.74, 6) is -0.924. The van der Waals surface area contributed by atoms with Crippen molar-refractivity contribution in [1.29, 1.82) is 0 Å². The van der Waals surface area contributed by atoms with Crippen LogP contribution in [-0.2, 0) is 65.4 Å². The Kier molecular flexibility index (Phi) is 71.7. The third-order valence-electron chi connectivity index (χ3n) is 16.0. The quantitative estimate of drug-likeness (QED) is 0.0169. The Bertz CT molecular complexity index is 2170. The topological polar surface area (TPSA) is 237 Å². The lowest BCUT2D eigenvalue weighted by Crippen LogP contribution is -2.29. The van der Waals surface area contributed by atoms with Gasteiger partial charge < -0.3 is 43.4 Å². The summed E-state index contributed by atoms with van der Waals surface area (Å²) >= 11 is 0. The van der Waals surface area contributed by atoms with Crippen molar-refractivity contribution in [2.24, 2.45) is 0 Å². The summed E-state index contributed by atoms with van der Waals surface area (Å²) < 4.78 is 69.8. The van der Waals surface area contributed by atoms with Gasteiger partial charge in [0.2, 0.25) is 0 Å². The van der Waals surface area contributed by atoms with E-state index in [1.54, 1.807) is 0 Å². The molecule has 0 spiro atoms. The molecule has 0 aromatic heterocycles. The standard InChI is InChI=1S/C79H138O17P2/c1-3-5-7-9-11-13-15-17-19-20-22-27-33-39-45-51-57-63-78(83)91-72-76(90-68-62-56-50-44-38-32-26-24-30-36-42-48-54-60-66-81)73-94-97(85,86)92-69-75(82)70-93-98(87,88)95-74-77(71-89-67-61-55-49-43-37-31-25-23-29-35-41-47-53-59-65-80)96-79(84)64-58-52-46-40-34-28-21-18-16-14-12-10-8-6-4-2/h11-14,17-19,21-27,39,45,65-66,75-77,82H,3-10,15-16,20,28-38,40-44,46-64,67-74H2,1-2H3,(H,85,86)(H,87,88)/b13-11-,14-12-,19-17-,21-18-,25-23-,26-24-,27-22-,45-39-/t75-,76-,77-/m1/s1. The fourth-order valence-electron chi connectivity index (χ4n) is 10.1. The Balaban J connectivity index is 5.27. The monoisotopic (exact) mass is 1420 g/mol. The van der Waals surface area contributed by atoms with Crippen LogP contribution in [0.4, 0.5) is 0 Å². The molecule has 19 heteroatoms. The molecule has 0 aromatic rings. The van der Waals surface area contributed by atoms with Gasteiger partial charge in [-0.1, -0.05) is 220 Å². The van der Waals surface area contributed by atoms with Gasteiger partial charge in [0, 0.05) is 38.9 Å². The zero-order valence-corrected chi connectivity index (χ0v) is 63.0. The number of hydrogen-bond donors (Lipinski definition) is 3. The van der Waals surface area contributed by atoms with Gasteiger partial charge in [0.15, 0.2) is 0 Å². The van der Waals surface area contributed by atoms with E-state index in [1.165, 1.54) is 38.5 Å². The van der Waals surface area contributed by atoms with Crippen LogP contribution in [0.15, 0.2) is 97.2 Å². The van der Waals surface area contributed by atoms with Gasteiger partial charge in [0.05, 0.1) is 33.0 Å². The fourth-order valence-corrected chi connectivity index (χ4v) is 11.7. The van der Waals surface area contributed by atoms with E-state index in [0.29, 0.717) is 51.7 Å². The Morgan fingerprint density at radius 2 is 0.653 bits per heavy atom. The summed E-state index contributed by atoms with van der Waals surface area (Å²) in [5, 5.41) is 10.6. The average molecular weight is 1420 g/mol. The van der Waals surface area contributed by atoms with Crippen molar-refractivity contribution in [2.45, 2.75) is 328 Å². The molecule has 3 N–H and O–H groups in total. The van der Waals surface area contributed by atoms with E-state index in [4.69, 9.17) is 37.0 Å². The highest BCUT2D eigenvalue weighted by Crippen LogP contribution is 2.45. The van der Waals surface area contributed by atoms with Gasteiger partial charge in [0.25, 0.3) is 0 Å². The molecule has 0 amide bonds. The van der Waals surface area contributed by atoms with E-state index in [9.17, 15) is 43.2 Å². The Morgan fingerprint density at radius 1 is 0.337 bits per heavy atom. The molecule has 0 aliphatic rings. The molecule has 0 aliphatic carbocycles. The molecule has 0 radical (unpaired) electrons. The summed E-state index contributed by atoms with van der Waals surface area (Å²) in [7, 11) is -9.71. The lowest BCUT2D eigenvalue weighted by Gasteiger charge is -2.21. The second kappa shape index (κ2) is 74.5. The lowest BCUT2D eigenvalue weighted by atomic mass is 10.1. The second-order valence-corrected chi connectivity index (χ2v) is 28.4. The maximum Gasteiger partial charge on any atom is 0.472 e. The van der Waals surface area contributed by atoms with Crippen LogP contribution in [0.3, 0.4) is 0 Å². The van der Waals surface area contributed by atoms with Crippen molar-refractivity contribution in [3.05, 3.63) is 97.2 Å². The van der Waals surface area contributed by atoms with Crippen molar-refractivity contribution in [1.82, 2.24) is 0 Å². The zero-order chi connectivity index (χ0) is 71.5. The SMILES string of the molecule is CCCCC/C=C\C/C=C\C/C=C\C/C=C\CCCC(=O)OC[C@H](COP(=O)(O)OC[C@@H](O)COP(=O)(O)OC[C@@H](COCCCCCCC/C=C\CCCCCCC=O)OC(=O)CCCCCCC/C=C\C/C=C\CCCCC)OCCCCCCC/C=C\CCCCCCC=O. The van der Waals surface area contributed by atoms with Gasteiger partial charge >= 0.3 is 27.6 Å². The van der Waals surface area contributed by atoms with Crippen molar-refractivity contribution in [3.63, 3.8) is 0 Å². The number of rotatable bonds is 76. The number of carbonyl (C=O) groups is 4. The number of ether oxygens (including phenoxy) is 4. The first-order valence-electron chi connectivity index (χ1n) is 38.4. The second-order valence-electron chi connectivity index (χ2n) is 25.5. The van der Waals surface area contributed by atoms with Gasteiger partial charge in [0.1, 0.15) is 37.5 Å². The van der Waals surface area contributed by atoms with Crippen molar-refractivity contribution >= 4 is 40.2 Å². The highest BCUT2D eigenvalue weighted by atomic mass is 31.2. The van der Waals surface area contributed by atoms with Gasteiger partial charge in [-0.05, 0) is 161 Å². The maximum atomic E-state index is 13.1. The van der Waals surface area contributed by atoms with Crippen LogP contribution in [0.2, 0.25) is 0 Å². The Morgan fingerprint density at radius 3 is 1.07 bits per heavy atom. The number of unbranched alkanes of at least 4 members (excludes halogenated alkanes) is 32. The highest BCUT2D eigenvalue weighted by Gasteiger charge is 2.29. The van der Waals surface area contributed by atoms with E-state index < -0.39 is 72.3 Å². The van der Waals surface area contributed by atoms with Gasteiger partial charge in [-0.15, -0.1) is 0 Å². The minimum absolute atomic E-state index is 0.0775. The Hall–Kier alpha value is -3.70. The normalized spacial score (nSPS) is 14.5. The molecule has 0 saturated carbocycles. The number of aliphatic hydroxyl groups excluding tert-OH is 1. The van der Waals surface area contributed by atoms with E-state index in [-0.39, 0.29) is 26.1 Å². The van der Waals surface area contributed by atoms with Crippen molar-refractivity contribution in [2.75, 3.05) is 52.9 Å². The molecule has 5 atom stereocenters. The fraction of sp³-hybridized carbons (Fsp3) is 0.747. The maximum absolute atomic E-state index is 13.1. The van der Waals surface area contributed by atoms with E-state index in [0.717, 1.165) is 218 Å². The van der Waals surface area contributed by atoms with Crippen molar-refractivity contribution < 1.29 is 80.2 Å². The molecule has 0 aromatic carbocycles. The van der Waals surface area contributed by atoms with Crippen LogP contribution in [0.25, 0.3) is 0 Å². The molecule has 98 heavy (non-hydrogen) atoms. The van der Waals surface area contributed by atoms with Crippen LogP contribution in [0.1, 0.15) is 309 Å². The predicted molar refractivity (Wildman–Crippen MR) is 400 cm³/mol. The predicted octanol–water partition coefficient (Wildman–Crippen LogP) is 21.3. The number of aldehydes is 2. The third-order valence-corrected chi connectivity index (χ3v) is 17.9. The molecular formula is C79H138O17P2. The zero-order valence-electron chi connectivity index (χ0n) is 61.3. The van der Waals surface area contributed by atoms with Crippen LogP contribution >= 0.6 is 15.6 Å². The summed E-state index contributed by atoms with van der Waals surface area (Å²) in [5.41, 5.74) is 0. The van der Waals surface area contributed by atoms with E-state index in [1.807, 2.05) is 6.08 Å². The summed E-state index contributed by atoms with van der Waals surface area (Å²) in [6, 6.07) is 0.